The maximum absolute atomic E-state index is 12.6. The second kappa shape index (κ2) is 11.8. The van der Waals surface area contributed by atoms with E-state index in [0.717, 1.165) is 44.3 Å². The Bertz CT molecular complexity index is 1730. The zero-order valence-electron chi connectivity index (χ0n) is 22.5. The zero-order chi connectivity index (χ0) is 29.9. The van der Waals surface area contributed by atoms with E-state index in [2.05, 4.69) is 22.0 Å². The van der Waals surface area contributed by atoms with Crippen molar-refractivity contribution in [2.75, 3.05) is 6.54 Å². The Kier molecular flexibility index (Phi) is 8.01. The van der Waals surface area contributed by atoms with Crippen molar-refractivity contribution in [2.45, 2.75) is 25.6 Å². The van der Waals surface area contributed by atoms with Crippen molar-refractivity contribution in [3.63, 3.8) is 0 Å². The van der Waals surface area contributed by atoms with Gasteiger partial charge in [0, 0.05) is 40.7 Å². The quantitative estimate of drug-likeness (QED) is 0.168. The Balaban J connectivity index is 1.50. The zero-order valence-corrected chi connectivity index (χ0v) is 22.5. The lowest BCUT2D eigenvalue weighted by atomic mass is 9.85. The summed E-state index contributed by atoms with van der Waals surface area (Å²) in [4.78, 5) is 26.5. The molecule has 4 aromatic carbocycles. The molecule has 5 rings (SSSR count). The molecular formula is C33H27F3N2O4. The number of aromatic nitrogens is 1. The Labute approximate surface area is 239 Å². The molecule has 6 nitrogen and oxygen atoms in total. The Morgan fingerprint density at radius 3 is 2.29 bits per heavy atom. The first-order valence-electron chi connectivity index (χ1n) is 13.3. The molecule has 0 aliphatic carbocycles. The van der Waals surface area contributed by atoms with Crippen molar-refractivity contribution in [2.24, 2.45) is 0 Å². The number of nitrogens with one attached hydrogen (secondary N) is 2. The number of halogens is 3. The number of para-hydroxylation sites is 1. The van der Waals surface area contributed by atoms with Crippen LogP contribution in [0.1, 0.15) is 40.7 Å². The molecule has 1 heterocycles. The van der Waals surface area contributed by atoms with Crippen molar-refractivity contribution in [1.29, 1.82) is 0 Å². The van der Waals surface area contributed by atoms with Crippen LogP contribution in [0.3, 0.4) is 0 Å². The fourth-order valence-corrected chi connectivity index (χ4v) is 4.98. The highest BCUT2D eigenvalue weighted by molar-refractivity contribution is 5.97. The van der Waals surface area contributed by atoms with Crippen LogP contribution in [-0.2, 0) is 4.79 Å². The van der Waals surface area contributed by atoms with Crippen LogP contribution in [0.5, 0.6) is 5.75 Å². The second-order valence-corrected chi connectivity index (χ2v) is 9.87. The van der Waals surface area contributed by atoms with Crippen LogP contribution in [0.25, 0.3) is 33.2 Å². The summed E-state index contributed by atoms with van der Waals surface area (Å²) in [5.74, 6) is -1.75. The Morgan fingerprint density at radius 2 is 1.60 bits per heavy atom. The number of benzene rings is 4. The lowest BCUT2D eigenvalue weighted by molar-refractivity contribution is -0.274. The monoisotopic (exact) mass is 572 g/mol. The Morgan fingerprint density at radius 1 is 0.905 bits per heavy atom. The van der Waals surface area contributed by atoms with Gasteiger partial charge in [0.2, 0.25) is 0 Å². The highest BCUT2D eigenvalue weighted by Gasteiger charge is 2.31. The first-order chi connectivity index (χ1) is 20.1. The fourth-order valence-electron chi connectivity index (χ4n) is 4.98. The topological polar surface area (TPSA) is 91.4 Å². The van der Waals surface area contributed by atoms with E-state index in [1.165, 1.54) is 12.1 Å². The molecule has 5 aromatic rings. The molecule has 0 aliphatic rings. The number of alkyl halides is 3. The third-order valence-corrected chi connectivity index (χ3v) is 7.12. The maximum Gasteiger partial charge on any atom is 0.573 e. The van der Waals surface area contributed by atoms with Gasteiger partial charge in [-0.15, -0.1) is 13.2 Å². The van der Waals surface area contributed by atoms with Gasteiger partial charge in [-0.3, -0.25) is 9.59 Å². The number of hydrogen-bond donors (Lipinski definition) is 3. The van der Waals surface area contributed by atoms with Crippen LogP contribution in [0.2, 0.25) is 0 Å². The number of fused-ring (bicyclic) bond motifs is 1. The summed E-state index contributed by atoms with van der Waals surface area (Å²) in [6, 6.07) is 26.9. The van der Waals surface area contributed by atoms with Gasteiger partial charge in [0.25, 0.3) is 5.91 Å². The number of ether oxygens (including phenoxy) is 1. The first-order valence-corrected chi connectivity index (χ1v) is 13.3. The summed E-state index contributed by atoms with van der Waals surface area (Å²) in [6.45, 7) is 2.09. The molecule has 0 spiro atoms. The number of carboxylic acids is 1. The number of carboxylic acid groups (broad SMARTS) is 1. The van der Waals surface area contributed by atoms with Crippen molar-refractivity contribution in [3.8, 4) is 28.0 Å². The standard InChI is InChI=1S/C33H27F3N2O4/c1-20(21-6-8-23(9-7-21)32(41)37-17-16-31(39)40)28-18-24(22-10-13-25(14-11-22)42-33(34,35)36)12-15-26(28)29-19-38-30-5-3-2-4-27(29)30/h2-15,18-20,38H,16-17H2,1H3,(H,37,41)(H,39,40). The molecule has 0 fully saturated rings. The number of aromatic amines is 1. The van der Waals surface area contributed by atoms with Gasteiger partial charge in [-0.2, -0.15) is 0 Å². The van der Waals surface area contributed by atoms with Gasteiger partial charge in [-0.05, 0) is 64.2 Å². The first kappa shape index (κ1) is 28.5. The van der Waals surface area contributed by atoms with Crippen LogP contribution < -0.4 is 10.1 Å². The molecule has 0 bridgehead atoms. The summed E-state index contributed by atoms with van der Waals surface area (Å²) in [5, 5.41) is 12.5. The molecule has 3 N–H and O–H groups in total. The molecule has 1 atom stereocenters. The van der Waals surface area contributed by atoms with E-state index >= 15 is 0 Å². The normalized spacial score (nSPS) is 12.2. The molecule has 0 saturated heterocycles. The fraction of sp³-hybridized carbons (Fsp3) is 0.152. The van der Waals surface area contributed by atoms with Gasteiger partial charge in [0.15, 0.2) is 0 Å². The highest BCUT2D eigenvalue weighted by atomic mass is 19.4. The van der Waals surface area contributed by atoms with Crippen LogP contribution in [0.15, 0.2) is 97.2 Å². The molecule has 214 valence electrons. The summed E-state index contributed by atoms with van der Waals surface area (Å²) >= 11 is 0. The SMILES string of the molecule is CC(c1ccc(C(=O)NCCC(=O)O)cc1)c1cc(-c2ccc(OC(F)(F)F)cc2)ccc1-c1c[nH]c2ccccc12. The smallest absolute Gasteiger partial charge is 0.481 e. The number of hydrogen-bond acceptors (Lipinski definition) is 3. The average Bonchev–Trinajstić information content (AvgIpc) is 3.40. The van der Waals surface area contributed by atoms with Gasteiger partial charge in [-0.1, -0.05) is 61.5 Å². The van der Waals surface area contributed by atoms with Crippen LogP contribution in [-0.4, -0.2) is 34.9 Å². The van der Waals surface area contributed by atoms with Crippen molar-refractivity contribution < 1.29 is 32.6 Å². The predicted molar refractivity (Wildman–Crippen MR) is 154 cm³/mol. The van der Waals surface area contributed by atoms with E-state index in [0.29, 0.717) is 5.56 Å². The molecule has 1 unspecified atom stereocenters. The highest BCUT2D eigenvalue weighted by Crippen LogP contribution is 2.39. The number of H-pyrrole nitrogens is 1. The van der Waals surface area contributed by atoms with Gasteiger partial charge >= 0.3 is 12.3 Å². The van der Waals surface area contributed by atoms with Crippen LogP contribution in [0, 0.1) is 0 Å². The third-order valence-electron chi connectivity index (χ3n) is 7.12. The van der Waals surface area contributed by atoms with Gasteiger partial charge in [0.05, 0.1) is 6.42 Å². The molecule has 9 heteroatoms. The van der Waals surface area contributed by atoms with E-state index in [4.69, 9.17) is 5.11 Å². The molecule has 1 aromatic heterocycles. The summed E-state index contributed by atoms with van der Waals surface area (Å²) < 4.78 is 41.9. The minimum atomic E-state index is -4.76. The van der Waals surface area contributed by atoms with Gasteiger partial charge in [0.1, 0.15) is 5.75 Å². The van der Waals surface area contributed by atoms with Crippen LogP contribution >= 0.6 is 0 Å². The van der Waals surface area contributed by atoms with Gasteiger partial charge in [-0.25, -0.2) is 0 Å². The largest absolute Gasteiger partial charge is 0.573 e. The molecule has 0 radical (unpaired) electrons. The van der Waals surface area contributed by atoms with E-state index in [9.17, 15) is 22.8 Å². The molecule has 42 heavy (non-hydrogen) atoms. The third kappa shape index (κ3) is 6.46. The van der Waals surface area contributed by atoms with E-state index < -0.39 is 12.3 Å². The lowest BCUT2D eigenvalue weighted by Crippen LogP contribution is -2.25. The maximum atomic E-state index is 12.6. The second-order valence-electron chi connectivity index (χ2n) is 9.87. The number of amides is 1. The number of carbonyl (C=O) groups excluding carboxylic acids is 1. The molecule has 0 saturated carbocycles. The number of aliphatic carboxylic acids is 1. The summed E-state index contributed by atoms with van der Waals surface area (Å²) in [5.41, 5.74) is 6.93. The van der Waals surface area contributed by atoms with E-state index in [-0.39, 0.29) is 30.5 Å². The molecule has 1 amide bonds. The Hall–Kier alpha value is -5.05. The van der Waals surface area contributed by atoms with Crippen molar-refractivity contribution in [1.82, 2.24) is 10.3 Å². The van der Waals surface area contributed by atoms with Crippen LogP contribution in [0.4, 0.5) is 13.2 Å². The number of carbonyl (C=O) groups is 2. The van der Waals surface area contributed by atoms with E-state index in [1.54, 1.807) is 24.3 Å². The molecule has 0 aliphatic heterocycles. The predicted octanol–water partition coefficient (Wildman–Crippen LogP) is 7.76. The summed E-state index contributed by atoms with van der Waals surface area (Å²) in [6.07, 6.45) is -2.96. The van der Waals surface area contributed by atoms with E-state index in [1.807, 2.05) is 60.8 Å². The minimum absolute atomic E-state index is 0.0381. The summed E-state index contributed by atoms with van der Waals surface area (Å²) in [7, 11) is 0. The number of rotatable bonds is 9. The lowest BCUT2D eigenvalue weighted by Gasteiger charge is -2.19. The van der Waals surface area contributed by atoms with Crippen molar-refractivity contribution >= 4 is 22.8 Å². The molecular weight excluding hydrogens is 545 g/mol. The van der Waals surface area contributed by atoms with Gasteiger partial charge < -0.3 is 20.1 Å². The average molecular weight is 573 g/mol. The minimum Gasteiger partial charge on any atom is -0.481 e. The van der Waals surface area contributed by atoms with Crippen molar-refractivity contribution in [3.05, 3.63) is 114 Å².